The minimum absolute atomic E-state index is 1.02. The van der Waals surface area contributed by atoms with Crippen LogP contribution in [-0.4, -0.2) is 56.1 Å². The van der Waals surface area contributed by atoms with Gasteiger partial charge in [-0.1, -0.05) is 28.1 Å². The summed E-state index contributed by atoms with van der Waals surface area (Å²) in [6, 6.07) is 8.57. The van der Waals surface area contributed by atoms with E-state index in [0.717, 1.165) is 24.1 Å². The van der Waals surface area contributed by atoms with Crippen LogP contribution in [0, 0.1) is 0 Å². The summed E-state index contributed by atoms with van der Waals surface area (Å²) in [5.74, 6) is 0. The first kappa shape index (κ1) is 15.0. The Morgan fingerprint density at radius 3 is 3.05 bits per heavy atom. The summed E-state index contributed by atoms with van der Waals surface area (Å²) < 4.78 is 1.16. The van der Waals surface area contributed by atoms with Crippen molar-refractivity contribution in [2.45, 2.75) is 13.0 Å². The van der Waals surface area contributed by atoms with E-state index in [2.05, 4.69) is 62.4 Å². The van der Waals surface area contributed by atoms with Crippen molar-refractivity contribution in [3.63, 3.8) is 0 Å². The maximum Gasteiger partial charge on any atom is 0.0231 e. The summed E-state index contributed by atoms with van der Waals surface area (Å²) >= 11 is 3.53. The van der Waals surface area contributed by atoms with Gasteiger partial charge in [0, 0.05) is 37.2 Å². The van der Waals surface area contributed by atoms with Gasteiger partial charge >= 0.3 is 0 Å². The molecule has 0 bridgehead atoms. The van der Waals surface area contributed by atoms with Crippen molar-refractivity contribution in [1.29, 1.82) is 0 Å². The van der Waals surface area contributed by atoms with Gasteiger partial charge in [-0.2, -0.15) is 0 Å². The molecule has 1 aromatic carbocycles. The van der Waals surface area contributed by atoms with Crippen LogP contribution in [0.1, 0.15) is 12.0 Å². The molecule has 0 radical (unpaired) electrons. The van der Waals surface area contributed by atoms with E-state index in [1.54, 1.807) is 0 Å². The van der Waals surface area contributed by atoms with Gasteiger partial charge in [-0.15, -0.1) is 0 Å². The largest absolute Gasteiger partial charge is 0.315 e. The number of hydrogen-bond donors (Lipinski definition) is 1. The average Bonchev–Trinajstić information content (AvgIpc) is 2.65. The van der Waals surface area contributed by atoms with Crippen LogP contribution < -0.4 is 5.32 Å². The van der Waals surface area contributed by atoms with Crippen LogP contribution in [0.2, 0.25) is 0 Å². The molecule has 1 heterocycles. The molecule has 1 aromatic rings. The molecular weight excluding hydrogens is 302 g/mol. The second-order valence-corrected chi connectivity index (χ2v) is 6.23. The van der Waals surface area contributed by atoms with Crippen LogP contribution in [0.4, 0.5) is 0 Å². The number of nitrogens with one attached hydrogen (secondary N) is 1. The van der Waals surface area contributed by atoms with Crippen LogP contribution in [-0.2, 0) is 6.54 Å². The summed E-state index contributed by atoms with van der Waals surface area (Å²) in [7, 11) is 2.21. The van der Waals surface area contributed by atoms with Crippen LogP contribution in [0.5, 0.6) is 0 Å². The average molecular weight is 326 g/mol. The molecule has 4 heteroatoms. The zero-order valence-corrected chi connectivity index (χ0v) is 13.3. The van der Waals surface area contributed by atoms with Gasteiger partial charge in [0.15, 0.2) is 0 Å². The van der Waals surface area contributed by atoms with Crippen LogP contribution >= 0.6 is 15.9 Å². The molecule has 0 aromatic heterocycles. The topological polar surface area (TPSA) is 18.5 Å². The second-order valence-electron chi connectivity index (χ2n) is 5.31. The van der Waals surface area contributed by atoms with Crippen molar-refractivity contribution in [3.05, 3.63) is 34.3 Å². The third-order valence-electron chi connectivity index (χ3n) is 3.57. The van der Waals surface area contributed by atoms with E-state index in [1.807, 2.05) is 0 Å². The summed E-state index contributed by atoms with van der Waals surface area (Å²) in [6.45, 7) is 8.05. The van der Waals surface area contributed by atoms with Gasteiger partial charge in [-0.3, -0.25) is 0 Å². The van der Waals surface area contributed by atoms with Crippen LogP contribution in [0.25, 0.3) is 0 Å². The van der Waals surface area contributed by atoms with Gasteiger partial charge in [0.1, 0.15) is 0 Å². The molecule has 0 saturated carbocycles. The van der Waals surface area contributed by atoms with E-state index in [4.69, 9.17) is 0 Å². The van der Waals surface area contributed by atoms with Gasteiger partial charge in [0.25, 0.3) is 0 Å². The third-order valence-corrected chi connectivity index (χ3v) is 4.07. The highest BCUT2D eigenvalue weighted by molar-refractivity contribution is 9.10. The number of rotatable bonds is 5. The third kappa shape index (κ3) is 5.61. The fourth-order valence-electron chi connectivity index (χ4n) is 2.46. The monoisotopic (exact) mass is 325 g/mol. The molecule has 1 aliphatic rings. The van der Waals surface area contributed by atoms with E-state index in [9.17, 15) is 0 Å². The summed E-state index contributed by atoms with van der Waals surface area (Å²) in [4.78, 5) is 4.97. The molecule has 1 fully saturated rings. The Kier molecular flexibility index (Phi) is 6.31. The molecule has 1 N–H and O–H groups in total. The minimum Gasteiger partial charge on any atom is -0.315 e. The summed E-state index contributed by atoms with van der Waals surface area (Å²) in [6.07, 6.45) is 1.27. The molecule has 0 spiro atoms. The molecule has 106 valence electrons. The van der Waals surface area contributed by atoms with Crippen molar-refractivity contribution in [2.24, 2.45) is 0 Å². The summed E-state index contributed by atoms with van der Waals surface area (Å²) in [5.41, 5.74) is 1.37. The minimum atomic E-state index is 1.02. The number of hydrogen-bond acceptors (Lipinski definition) is 3. The van der Waals surface area contributed by atoms with Crippen molar-refractivity contribution >= 4 is 15.9 Å². The highest BCUT2D eigenvalue weighted by Gasteiger charge is 2.09. The van der Waals surface area contributed by atoms with Crippen LogP contribution in [0.15, 0.2) is 28.7 Å². The number of nitrogens with zero attached hydrogens (tertiary/aromatic N) is 2. The zero-order valence-electron chi connectivity index (χ0n) is 11.7. The fourth-order valence-corrected chi connectivity index (χ4v) is 2.91. The molecule has 19 heavy (non-hydrogen) atoms. The summed E-state index contributed by atoms with van der Waals surface area (Å²) in [5, 5.41) is 3.45. The smallest absolute Gasteiger partial charge is 0.0231 e. The first-order chi connectivity index (χ1) is 9.24. The molecule has 0 amide bonds. The lowest BCUT2D eigenvalue weighted by Crippen LogP contribution is -2.35. The van der Waals surface area contributed by atoms with Gasteiger partial charge in [0.05, 0.1) is 0 Å². The number of halogens is 1. The maximum atomic E-state index is 3.53. The van der Waals surface area contributed by atoms with Gasteiger partial charge in [-0.25, -0.2) is 0 Å². The lowest BCUT2D eigenvalue weighted by atomic mass is 10.2. The van der Waals surface area contributed by atoms with Crippen molar-refractivity contribution in [2.75, 3.05) is 46.3 Å². The van der Waals surface area contributed by atoms with E-state index >= 15 is 0 Å². The predicted molar refractivity (Wildman–Crippen MR) is 84.4 cm³/mol. The molecule has 2 rings (SSSR count). The highest BCUT2D eigenvalue weighted by Crippen LogP contribution is 2.12. The van der Waals surface area contributed by atoms with E-state index in [0.29, 0.717) is 0 Å². The Morgan fingerprint density at radius 1 is 1.32 bits per heavy atom. The van der Waals surface area contributed by atoms with Gasteiger partial charge in [0.2, 0.25) is 0 Å². The molecule has 1 aliphatic heterocycles. The Balaban J connectivity index is 1.73. The normalized spacial score (nSPS) is 17.6. The Labute approximate surface area is 125 Å². The molecule has 3 nitrogen and oxygen atoms in total. The maximum absolute atomic E-state index is 3.53. The van der Waals surface area contributed by atoms with Gasteiger partial charge < -0.3 is 15.1 Å². The van der Waals surface area contributed by atoms with E-state index in [-0.39, 0.29) is 0 Å². The Bertz CT molecular complexity index is 375. The molecule has 1 saturated heterocycles. The SMILES string of the molecule is CN(CCN1CCCNCC1)Cc1cccc(Br)c1. The Hall–Kier alpha value is -0.420. The van der Waals surface area contributed by atoms with E-state index < -0.39 is 0 Å². The van der Waals surface area contributed by atoms with Gasteiger partial charge in [-0.05, 0) is 44.3 Å². The molecule has 0 aliphatic carbocycles. The van der Waals surface area contributed by atoms with Crippen molar-refractivity contribution in [1.82, 2.24) is 15.1 Å². The lowest BCUT2D eigenvalue weighted by molar-refractivity contribution is 0.231. The number of likely N-dealkylation sites (N-methyl/N-ethyl adjacent to an activating group) is 1. The molecule has 0 atom stereocenters. The second kappa shape index (κ2) is 8.00. The standard InChI is InChI=1S/C15H24BrN3/c1-18(13-14-4-2-5-15(16)12-14)10-11-19-8-3-6-17-7-9-19/h2,4-5,12,17H,3,6-11,13H2,1H3. The zero-order chi connectivity index (χ0) is 13.5. The highest BCUT2D eigenvalue weighted by atomic mass is 79.9. The molecular formula is C15H24BrN3. The number of benzene rings is 1. The predicted octanol–water partition coefficient (Wildman–Crippen LogP) is 2.18. The first-order valence-electron chi connectivity index (χ1n) is 7.10. The first-order valence-corrected chi connectivity index (χ1v) is 7.89. The fraction of sp³-hybridized carbons (Fsp3) is 0.600. The quantitative estimate of drug-likeness (QED) is 0.895. The van der Waals surface area contributed by atoms with E-state index in [1.165, 1.54) is 38.2 Å². The van der Waals surface area contributed by atoms with Crippen molar-refractivity contribution in [3.8, 4) is 0 Å². The lowest BCUT2D eigenvalue weighted by Gasteiger charge is -2.23. The van der Waals surface area contributed by atoms with Crippen LogP contribution in [0.3, 0.4) is 0 Å². The Morgan fingerprint density at radius 2 is 2.21 bits per heavy atom. The molecule has 0 unspecified atom stereocenters. The van der Waals surface area contributed by atoms with Crippen molar-refractivity contribution < 1.29 is 0 Å².